The molecule has 1 heterocycles. The van der Waals surface area contributed by atoms with E-state index in [0.717, 1.165) is 44.9 Å². The third kappa shape index (κ3) is 1.40. The number of ketones is 1. The molecule has 5 aliphatic rings. The first kappa shape index (κ1) is 14.0. The molecule has 3 heteroatoms. The summed E-state index contributed by atoms with van der Waals surface area (Å²) in [5, 5.41) is 10.2. The summed E-state index contributed by atoms with van der Waals surface area (Å²) in [6, 6.07) is 0. The van der Waals surface area contributed by atoms with E-state index in [1.54, 1.807) is 0 Å². The minimum atomic E-state index is -0.170. The quantitative estimate of drug-likeness (QED) is 0.700. The van der Waals surface area contributed by atoms with Gasteiger partial charge >= 0.3 is 0 Å². The monoisotopic (exact) mass is 304 g/mol. The first-order valence-corrected chi connectivity index (χ1v) is 9.30. The zero-order chi connectivity index (χ0) is 15.3. The van der Waals surface area contributed by atoms with E-state index in [4.69, 9.17) is 4.74 Å². The third-order valence-corrected chi connectivity index (χ3v) is 8.77. The summed E-state index contributed by atoms with van der Waals surface area (Å²) in [4.78, 5) is 12.4. The molecule has 8 atom stereocenters. The Hall–Kier alpha value is -0.410. The first-order chi connectivity index (χ1) is 10.4. The molecule has 122 valence electrons. The first-order valence-electron chi connectivity index (χ1n) is 9.30. The Kier molecular flexibility index (Phi) is 2.52. The molecular weight excluding hydrogens is 276 g/mol. The third-order valence-electron chi connectivity index (χ3n) is 8.77. The van der Waals surface area contributed by atoms with E-state index >= 15 is 0 Å². The van der Waals surface area contributed by atoms with Crippen LogP contribution >= 0.6 is 0 Å². The fraction of sp³-hybridized carbons (Fsp3) is 0.947. The van der Waals surface area contributed by atoms with Gasteiger partial charge in [0.15, 0.2) is 0 Å². The number of aliphatic hydroxyl groups excluding tert-OH is 1. The second-order valence-electron chi connectivity index (χ2n) is 9.34. The van der Waals surface area contributed by atoms with Gasteiger partial charge in [0, 0.05) is 23.7 Å². The van der Waals surface area contributed by atoms with Crippen molar-refractivity contribution in [3.8, 4) is 0 Å². The fourth-order valence-electron chi connectivity index (χ4n) is 7.43. The lowest BCUT2D eigenvalue weighted by Gasteiger charge is -2.58. The summed E-state index contributed by atoms with van der Waals surface area (Å²) in [5.41, 5.74) is 0.162. The van der Waals surface area contributed by atoms with E-state index in [1.807, 2.05) is 0 Å². The molecule has 3 nitrogen and oxygen atoms in total. The van der Waals surface area contributed by atoms with Crippen LogP contribution in [-0.4, -0.2) is 28.7 Å². The van der Waals surface area contributed by atoms with Crippen LogP contribution in [0.3, 0.4) is 0 Å². The summed E-state index contributed by atoms with van der Waals surface area (Å²) < 4.78 is 6.30. The Morgan fingerprint density at radius 3 is 2.77 bits per heavy atom. The largest absolute Gasteiger partial charge is 0.393 e. The molecule has 0 amide bonds. The predicted octanol–water partition coefficient (Wildman–Crippen LogP) is 3.09. The van der Waals surface area contributed by atoms with Gasteiger partial charge in [0.1, 0.15) is 11.4 Å². The fourth-order valence-corrected chi connectivity index (χ4v) is 7.43. The van der Waals surface area contributed by atoms with Gasteiger partial charge in [-0.25, -0.2) is 0 Å². The zero-order valence-corrected chi connectivity index (χ0v) is 13.8. The number of carbonyl (C=O) groups excluding carboxylic acids is 1. The number of epoxide rings is 1. The van der Waals surface area contributed by atoms with Gasteiger partial charge in [0.25, 0.3) is 0 Å². The Bertz CT molecular complexity index is 545. The molecular formula is C19H28O3. The van der Waals surface area contributed by atoms with Crippen LogP contribution in [0.15, 0.2) is 0 Å². The smallest absolute Gasteiger partial charge is 0.139 e. The van der Waals surface area contributed by atoms with Gasteiger partial charge in [0.05, 0.1) is 12.2 Å². The number of hydrogen-bond donors (Lipinski definition) is 1. The van der Waals surface area contributed by atoms with Crippen molar-refractivity contribution in [3.63, 3.8) is 0 Å². The van der Waals surface area contributed by atoms with E-state index < -0.39 is 0 Å². The molecule has 1 spiro atoms. The van der Waals surface area contributed by atoms with E-state index in [0.29, 0.717) is 29.6 Å². The molecule has 4 aliphatic carbocycles. The molecule has 1 aliphatic heterocycles. The van der Waals surface area contributed by atoms with Crippen LogP contribution in [0, 0.1) is 28.6 Å². The Labute approximate surface area is 132 Å². The van der Waals surface area contributed by atoms with E-state index in [-0.39, 0.29) is 22.5 Å². The summed E-state index contributed by atoms with van der Waals surface area (Å²) in [6.45, 7) is 4.68. The van der Waals surface area contributed by atoms with Crippen molar-refractivity contribution in [2.24, 2.45) is 28.6 Å². The standard InChI is InChI=1S/C19H28O3/c1-17-7-6-14-12(13(17)3-4-15(17)21)9-16-19(22-16)10-11(20)5-8-18(14,19)2/h11-14,16,20H,3-10H2,1-2H3/t11-,12?,13?,14?,16+,17-,18+,19+/m0/s1. The van der Waals surface area contributed by atoms with Crippen molar-refractivity contribution in [2.45, 2.75) is 83.0 Å². The lowest BCUT2D eigenvalue weighted by atomic mass is 9.45. The van der Waals surface area contributed by atoms with Crippen molar-refractivity contribution in [1.29, 1.82) is 0 Å². The number of Topliss-reactive ketones (excluding diaryl/α,β-unsaturated/α-hetero) is 1. The lowest BCUT2D eigenvalue weighted by molar-refractivity contribution is -0.138. The second kappa shape index (κ2) is 3.97. The Morgan fingerprint density at radius 1 is 1.14 bits per heavy atom. The van der Waals surface area contributed by atoms with Gasteiger partial charge in [-0.1, -0.05) is 13.8 Å². The Balaban J connectivity index is 1.53. The molecule has 0 aromatic heterocycles. The molecule has 5 rings (SSSR count). The van der Waals surface area contributed by atoms with Crippen LogP contribution in [-0.2, 0) is 9.53 Å². The number of fused-ring (bicyclic) bond motifs is 4. The van der Waals surface area contributed by atoms with Gasteiger partial charge in [-0.05, 0) is 56.3 Å². The van der Waals surface area contributed by atoms with Gasteiger partial charge in [-0.15, -0.1) is 0 Å². The highest BCUT2D eigenvalue weighted by Crippen LogP contribution is 2.72. The Morgan fingerprint density at radius 2 is 1.95 bits per heavy atom. The molecule has 0 aromatic carbocycles. The summed E-state index contributed by atoms with van der Waals surface area (Å²) >= 11 is 0. The SMILES string of the molecule is C[C@]12CCC3C(C[C@H]4O[C@]45C[C@@H](O)CC[C@]35C)C1CCC2=O. The number of ether oxygens (including phenoxy) is 1. The average molecular weight is 304 g/mol. The molecule has 0 radical (unpaired) electrons. The molecule has 3 unspecified atom stereocenters. The predicted molar refractivity (Wildman–Crippen MR) is 82.2 cm³/mol. The van der Waals surface area contributed by atoms with Crippen molar-refractivity contribution >= 4 is 5.78 Å². The normalized spacial score (nSPS) is 62.7. The van der Waals surface area contributed by atoms with Crippen molar-refractivity contribution in [3.05, 3.63) is 0 Å². The van der Waals surface area contributed by atoms with Crippen molar-refractivity contribution in [1.82, 2.24) is 0 Å². The minimum absolute atomic E-state index is 0.0256. The van der Waals surface area contributed by atoms with E-state index in [2.05, 4.69) is 13.8 Å². The van der Waals surface area contributed by atoms with Crippen LogP contribution in [0.5, 0.6) is 0 Å². The number of hydrogen-bond acceptors (Lipinski definition) is 3. The summed E-state index contributed by atoms with van der Waals surface area (Å²) in [5.74, 6) is 2.48. The van der Waals surface area contributed by atoms with Crippen LogP contribution in [0.2, 0.25) is 0 Å². The van der Waals surface area contributed by atoms with Crippen LogP contribution < -0.4 is 0 Å². The van der Waals surface area contributed by atoms with Gasteiger partial charge < -0.3 is 9.84 Å². The number of aliphatic hydroxyl groups is 1. The molecule has 22 heavy (non-hydrogen) atoms. The van der Waals surface area contributed by atoms with E-state index in [9.17, 15) is 9.90 Å². The van der Waals surface area contributed by atoms with Gasteiger partial charge in [-0.2, -0.15) is 0 Å². The highest BCUT2D eigenvalue weighted by Gasteiger charge is 2.76. The van der Waals surface area contributed by atoms with Gasteiger partial charge in [0.2, 0.25) is 0 Å². The van der Waals surface area contributed by atoms with Crippen molar-refractivity contribution in [2.75, 3.05) is 0 Å². The lowest BCUT2D eigenvalue weighted by Crippen LogP contribution is -2.58. The minimum Gasteiger partial charge on any atom is -0.393 e. The van der Waals surface area contributed by atoms with Crippen LogP contribution in [0.25, 0.3) is 0 Å². The van der Waals surface area contributed by atoms with Crippen molar-refractivity contribution < 1.29 is 14.6 Å². The van der Waals surface area contributed by atoms with E-state index in [1.165, 1.54) is 6.42 Å². The van der Waals surface area contributed by atoms with Gasteiger partial charge in [-0.3, -0.25) is 4.79 Å². The molecule has 4 saturated carbocycles. The average Bonchev–Trinajstić information content (AvgIpc) is 3.08. The molecule has 0 bridgehead atoms. The number of carbonyl (C=O) groups is 1. The highest BCUT2D eigenvalue weighted by atomic mass is 16.6. The highest BCUT2D eigenvalue weighted by molar-refractivity contribution is 5.87. The maximum absolute atomic E-state index is 12.4. The summed E-state index contributed by atoms with van der Waals surface area (Å²) in [6.07, 6.45) is 8.37. The molecule has 0 aromatic rings. The number of rotatable bonds is 0. The maximum Gasteiger partial charge on any atom is 0.139 e. The maximum atomic E-state index is 12.4. The second-order valence-corrected chi connectivity index (χ2v) is 9.34. The summed E-state index contributed by atoms with van der Waals surface area (Å²) in [7, 11) is 0. The molecule has 1 N–H and O–H groups in total. The zero-order valence-electron chi connectivity index (χ0n) is 13.8. The molecule has 5 fully saturated rings. The molecule has 1 saturated heterocycles. The van der Waals surface area contributed by atoms with Crippen LogP contribution in [0.4, 0.5) is 0 Å². The van der Waals surface area contributed by atoms with Crippen LogP contribution in [0.1, 0.15) is 65.2 Å². The topological polar surface area (TPSA) is 49.8 Å².